The molecular weight excluding hydrogens is 203 g/mol. The summed E-state index contributed by atoms with van der Waals surface area (Å²) < 4.78 is 36.3. The summed E-state index contributed by atoms with van der Waals surface area (Å²) in [6, 6.07) is 4.33. The molecule has 1 aromatic rings. The third-order valence-electron chi connectivity index (χ3n) is 2.12. The molecule has 1 nitrogen and oxygen atoms in total. The number of nitrogens with two attached hydrogens (primary N) is 1. The molecule has 0 saturated carbocycles. The molecule has 0 aliphatic carbocycles. The van der Waals surface area contributed by atoms with Crippen molar-refractivity contribution >= 4 is 0 Å². The third kappa shape index (κ3) is 3.91. The lowest BCUT2D eigenvalue weighted by atomic mass is 10.00. The second kappa shape index (κ2) is 4.23. The minimum absolute atomic E-state index is 0.546. The molecule has 0 aromatic heterocycles. The van der Waals surface area contributed by atoms with Crippen LogP contribution in [0, 0.1) is 13.8 Å². The Hall–Kier alpha value is -1.03. The van der Waals surface area contributed by atoms with Gasteiger partial charge in [0.15, 0.2) is 0 Å². The molecular formula is C11H14F3N. The molecule has 15 heavy (non-hydrogen) atoms. The van der Waals surface area contributed by atoms with Gasteiger partial charge in [-0.15, -0.1) is 0 Å². The maximum absolute atomic E-state index is 12.1. The average Bonchev–Trinajstić information content (AvgIpc) is 1.98. The van der Waals surface area contributed by atoms with Gasteiger partial charge in [0.1, 0.15) is 0 Å². The van der Waals surface area contributed by atoms with Gasteiger partial charge in [0, 0.05) is 6.04 Å². The summed E-state index contributed by atoms with van der Waals surface area (Å²) in [5.74, 6) is 0. The molecule has 0 spiro atoms. The summed E-state index contributed by atoms with van der Waals surface area (Å²) in [7, 11) is 0. The molecule has 84 valence electrons. The maximum Gasteiger partial charge on any atom is 0.390 e. The highest BCUT2D eigenvalue weighted by molar-refractivity contribution is 5.30. The van der Waals surface area contributed by atoms with Gasteiger partial charge in [-0.3, -0.25) is 0 Å². The fourth-order valence-electron chi connectivity index (χ4n) is 1.59. The molecule has 0 unspecified atom stereocenters. The Labute approximate surface area is 87.1 Å². The van der Waals surface area contributed by atoms with E-state index in [-0.39, 0.29) is 0 Å². The molecule has 2 N–H and O–H groups in total. The number of hydrogen-bond acceptors (Lipinski definition) is 1. The Kier molecular flexibility index (Phi) is 3.39. The largest absolute Gasteiger partial charge is 0.390 e. The van der Waals surface area contributed by atoms with E-state index < -0.39 is 18.6 Å². The Bertz CT molecular complexity index is 324. The van der Waals surface area contributed by atoms with E-state index in [0.29, 0.717) is 5.56 Å². The standard InChI is InChI=1S/C11H14F3N/c1-7-3-8(2)5-9(4-7)10(15)6-11(12,13)14/h3-5,10H,6,15H2,1-2H3/t10-/m0/s1. The highest BCUT2D eigenvalue weighted by atomic mass is 19.4. The van der Waals surface area contributed by atoms with Crippen molar-refractivity contribution in [3.05, 3.63) is 34.9 Å². The monoisotopic (exact) mass is 217 g/mol. The van der Waals surface area contributed by atoms with Crippen molar-refractivity contribution < 1.29 is 13.2 Å². The Morgan fingerprint density at radius 2 is 1.60 bits per heavy atom. The fraction of sp³-hybridized carbons (Fsp3) is 0.455. The highest BCUT2D eigenvalue weighted by Crippen LogP contribution is 2.28. The maximum atomic E-state index is 12.1. The SMILES string of the molecule is Cc1cc(C)cc([C@@H](N)CC(F)(F)F)c1. The zero-order chi connectivity index (χ0) is 11.6. The van der Waals surface area contributed by atoms with Gasteiger partial charge in [0.2, 0.25) is 0 Å². The van der Waals surface area contributed by atoms with Gasteiger partial charge >= 0.3 is 6.18 Å². The van der Waals surface area contributed by atoms with Crippen LogP contribution in [0.4, 0.5) is 13.2 Å². The van der Waals surface area contributed by atoms with Crippen molar-refractivity contribution in [2.24, 2.45) is 5.73 Å². The number of aryl methyl sites for hydroxylation is 2. The summed E-state index contributed by atoms with van der Waals surface area (Å²) in [5.41, 5.74) is 7.91. The molecule has 0 aliphatic heterocycles. The number of rotatable bonds is 2. The second-order valence-electron chi connectivity index (χ2n) is 3.85. The number of halogens is 3. The predicted molar refractivity (Wildman–Crippen MR) is 53.5 cm³/mol. The van der Waals surface area contributed by atoms with Crippen molar-refractivity contribution in [2.45, 2.75) is 32.5 Å². The first kappa shape index (κ1) is 12.0. The van der Waals surface area contributed by atoms with Crippen molar-refractivity contribution in [1.29, 1.82) is 0 Å². The van der Waals surface area contributed by atoms with Gasteiger partial charge in [0.05, 0.1) is 6.42 Å². The first-order valence-corrected chi connectivity index (χ1v) is 4.68. The van der Waals surface area contributed by atoms with Gasteiger partial charge in [0.25, 0.3) is 0 Å². The molecule has 0 radical (unpaired) electrons. The topological polar surface area (TPSA) is 26.0 Å². The minimum atomic E-state index is -4.21. The predicted octanol–water partition coefficient (Wildman–Crippen LogP) is 3.26. The van der Waals surface area contributed by atoms with Crippen molar-refractivity contribution in [1.82, 2.24) is 0 Å². The molecule has 0 heterocycles. The number of benzene rings is 1. The summed E-state index contributed by atoms with van der Waals surface area (Å²) >= 11 is 0. The molecule has 4 heteroatoms. The zero-order valence-electron chi connectivity index (χ0n) is 8.73. The van der Waals surface area contributed by atoms with Crippen LogP contribution in [0.5, 0.6) is 0 Å². The summed E-state index contributed by atoms with van der Waals surface area (Å²) in [5, 5.41) is 0. The first-order chi connectivity index (χ1) is 6.78. The van der Waals surface area contributed by atoms with E-state index in [1.165, 1.54) is 0 Å². The summed E-state index contributed by atoms with van der Waals surface area (Å²) in [6.45, 7) is 3.69. The van der Waals surface area contributed by atoms with E-state index in [2.05, 4.69) is 0 Å². The van der Waals surface area contributed by atoms with E-state index in [9.17, 15) is 13.2 Å². The van der Waals surface area contributed by atoms with Crippen LogP contribution in [0.2, 0.25) is 0 Å². The molecule has 1 atom stereocenters. The third-order valence-corrected chi connectivity index (χ3v) is 2.12. The molecule has 0 fully saturated rings. The summed E-state index contributed by atoms with van der Waals surface area (Å²) in [4.78, 5) is 0. The van der Waals surface area contributed by atoms with E-state index in [4.69, 9.17) is 5.73 Å². The normalized spacial score (nSPS) is 14.0. The van der Waals surface area contributed by atoms with Crippen LogP contribution < -0.4 is 5.73 Å². The minimum Gasteiger partial charge on any atom is -0.324 e. The lowest BCUT2D eigenvalue weighted by Gasteiger charge is -2.15. The van der Waals surface area contributed by atoms with Gasteiger partial charge < -0.3 is 5.73 Å². The second-order valence-corrected chi connectivity index (χ2v) is 3.85. The fourth-order valence-corrected chi connectivity index (χ4v) is 1.59. The van der Waals surface area contributed by atoms with Gasteiger partial charge in [-0.05, 0) is 19.4 Å². The van der Waals surface area contributed by atoms with Crippen LogP contribution >= 0.6 is 0 Å². The van der Waals surface area contributed by atoms with Crippen LogP contribution in [0.1, 0.15) is 29.2 Å². The molecule has 1 rings (SSSR count). The van der Waals surface area contributed by atoms with Crippen LogP contribution in [-0.2, 0) is 0 Å². The quantitative estimate of drug-likeness (QED) is 0.808. The Balaban J connectivity index is 2.86. The highest BCUT2D eigenvalue weighted by Gasteiger charge is 2.30. The Morgan fingerprint density at radius 3 is 2.00 bits per heavy atom. The first-order valence-electron chi connectivity index (χ1n) is 4.68. The van der Waals surface area contributed by atoms with Gasteiger partial charge in [-0.25, -0.2) is 0 Å². The van der Waals surface area contributed by atoms with Crippen molar-refractivity contribution in [2.75, 3.05) is 0 Å². The zero-order valence-corrected chi connectivity index (χ0v) is 8.73. The van der Waals surface area contributed by atoms with Crippen molar-refractivity contribution in [3.8, 4) is 0 Å². The lowest BCUT2D eigenvalue weighted by molar-refractivity contribution is -0.138. The van der Waals surface area contributed by atoms with Gasteiger partial charge in [-0.1, -0.05) is 29.3 Å². The number of hydrogen-bond donors (Lipinski definition) is 1. The molecule has 0 bridgehead atoms. The van der Waals surface area contributed by atoms with E-state index in [0.717, 1.165) is 11.1 Å². The number of alkyl halides is 3. The van der Waals surface area contributed by atoms with Crippen LogP contribution in [0.3, 0.4) is 0 Å². The van der Waals surface area contributed by atoms with Gasteiger partial charge in [-0.2, -0.15) is 13.2 Å². The van der Waals surface area contributed by atoms with Crippen LogP contribution in [0.15, 0.2) is 18.2 Å². The Morgan fingerprint density at radius 1 is 1.13 bits per heavy atom. The summed E-state index contributed by atoms with van der Waals surface area (Å²) in [6.07, 6.45) is -5.19. The van der Waals surface area contributed by atoms with E-state index in [1.54, 1.807) is 12.1 Å². The van der Waals surface area contributed by atoms with Crippen LogP contribution in [-0.4, -0.2) is 6.18 Å². The average molecular weight is 217 g/mol. The van der Waals surface area contributed by atoms with E-state index in [1.807, 2.05) is 19.9 Å². The molecule has 0 aliphatic rings. The van der Waals surface area contributed by atoms with E-state index >= 15 is 0 Å². The molecule has 0 saturated heterocycles. The molecule has 1 aromatic carbocycles. The van der Waals surface area contributed by atoms with Crippen molar-refractivity contribution in [3.63, 3.8) is 0 Å². The molecule has 0 amide bonds. The smallest absolute Gasteiger partial charge is 0.324 e. The van der Waals surface area contributed by atoms with Crippen LogP contribution in [0.25, 0.3) is 0 Å². The lowest BCUT2D eigenvalue weighted by Crippen LogP contribution is -2.20.